The minimum absolute atomic E-state index is 0. The summed E-state index contributed by atoms with van der Waals surface area (Å²) in [6, 6.07) is 13.4. The Morgan fingerprint density at radius 1 is 1.17 bits per heavy atom. The summed E-state index contributed by atoms with van der Waals surface area (Å²) in [7, 11) is 0. The fourth-order valence-electron chi connectivity index (χ4n) is 2.04. The average Bonchev–Trinajstić information content (AvgIpc) is 2.28. The molecule has 0 fully saturated rings. The number of aromatic nitrogens is 1. The van der Waals surface area contributed by atoms with Crippen LogP contribution in [0, 0.1) is 13.0 Å². The first-order valence-electron chi connectivity index (χ1n) is 5.93. The molecule has 3 heteroatoms. The van der Waals surface area contributed by atoms with Crippen LogP contribution in [0.3, 0.4) is 0 Å². The van der Waals surface area contributed by atoms with E-state index < -0.39 is 13.3 Å². The smallest absolute Gasteiger partial charge is 0 e. The largest absolute Gasteiger partial charge is 0 e. The number of hydrogen-bond donors (Lipinski definition) is 0. The van der Waals surface area contributed by atoms with Crippen LogP contribution >= 0.6 is 0 Å². The van der Waals surface area contributed by atoms with Gasteiger partial charge in [-0.25, -0.2) is 0 Å². The Bertz CT molecular complexity index is 518. The van der Waals surface area contributed by atoms with E-state index in [0.717, 1.165) is 11.3 Å². The van der Waals surface area contributed by atoms with Crippen molar-refractivity contribution >= 4 is 17.7 Å². The van der Waals surface area contributed by atoms with Gasteiger partial charge in [-0.3, -0.25) is 0 Å². The van der Waals surface area contributed by atoms with Crippen molar-refractivity contribution in [1.82, 2.24) is 4.98 Å². The van der Waals surface area contributed by atoms with Gasteiger partial charge < -0.3 is 0 Å². The maximum Gasteiger partial charge on any atom is 0 e. The molecule has 1 aromatic carbocycles. The quantitative estimate of drug-likeness (QED) is 0.478. The van der Waals surface area contributed by atoms with Crippen molar-refractivity contribution in [2.45, 2.75) is 24.2 Å². The predicted octanol–water partition coefficient (Wildman–Crippen LogP) is 3.40. The zero-order valence-electron chi connectivity index (χ0n) is 11.2. The van der Waals surface area contributed by atoms with Crippen molar-refractivity contribution in [1.29, 1.82) is 0 Å². The summed E-state index contributed by atoms with van der Waals surface area (Å²) >= 11 is -1.77. The predicted molar refractivity (Wildman–Crippen MR) is 76.2 cm³/mol. The molecule has 0 atom stereocenters. The zero-order valence-corrected chi connectivity index (χ0v) is 15.7. The molecule has 1 radical (unpaired) electrons. The van der Waals surface area contributed by atoms with Crippen LogP contribution in [0.5, 0.6) is 0 Å². The third-order valence-corrected chi connectivity index (χ3v) is 7.39. The first-order valence-corrected chi connectivity index (χ1v) is 13.3. The molecule has 1 heterocycles. The Balaban J connectivity index is 0.00000162. The summed E-state index contributed by atoms with van der Waals surface area (Å²) in [5.41, 5.74) is 3.47. The molecule has 0 aliphatic rings. The van der Waals surface area contributed by atoms with Crippen LogP contribution in [-0.2, 0) is 20.1 Å². The molecular weight excluding hydrogens is 459 g/mol. The molecule has 2 rings (SSSR count). The van der Waals surface area contributed by atoms with Gasteiger partial charge in [-0.2, -0.15) is 0 Å². The van der Waals surface area contributed by atoms with E-state index >= 15 is 0 Å². The number of pyridine rings is 1. The maximum atomic E-state index is 4.59. The summed E-state index contributed by atoms with van der Waals surface area (Å²) in [4.78, 5) is 4.59. The normalized spacial score (nSPS) is 10.9. The monoisotopic (exact) mass is 479 g/mol. The fourth-order valence-corrected chi connectivity index (χ4v) is 5.62. The summed E-state index contributed by atoms with van der Waals surface area (Å²) in [6.07, 6.45) is 2.07. The van der Waals surface area contributed by atoms with Crippen LogP contribution in [0.1, 0.15) is 5.56 Å². The molecule has 0 spiro atoms. The molecule has 0 N–H and O–H groups in total. The Morgan fingerprint density at radius 3 is 2.39 bits per heavy atom. The van der Waals surface area contributed by atoms with Crippen molar-refractivity contribution in [3.8, 4) is 11.3 Å². The van der Waals surface area contributed by atoms with E-state index in [0.29, 0.717) is 0 Å². The van der Waals surface area contributed by atoms with Gasteiger partial charge in [0.1, 0.15) is 0 Å². The van der Waals surface area contributed by atoms with Gasteiger partial charge in [-0.15, -0.1) is 0 Å². The molecule has 1 nitrogen and oxygen atoms in total. The van der Waals surface area contributed by atoms with Crippen LogP contribution in [0.4, 0.5) is 0 Å². The van der Waals surface area contributed by atoms with Crippen molar-refractivity contribution in [3.63, 3.8) is 0 Å². The van der Waals surface area contributed by atoms with Gasteiger partial charge in [0.15, 0.2) is 0 Å². The Hall–Kier alpha value is -0.438. The van der Waals surface area contributed by atoms with Crippen LogP contribution in [0.25, 0.3) is 11.3 Å². The summed E-state index contributed by atoms with van der Waals surface area (Å²) < 4.78 is 1.49. The summed E-state index contributed by atoms with van der Waals surface area (Å²) in [6.45, 7) is 2.19. The van der Waals surface area contributed by atoms with Crippen molar-refractivity contribution in [2.75, 3.05) is 0 Å². The number of nitrogens with zero attached hydrogens (tertiary/aromatic N) is 1. The standard InChI is InChI=1S/C15H18GeN.Ir/c1-12-10-15(13-8-6-5-7-9-13)17-11-14(12)16(2,3)4;/h5-8,10-11H,1-4H3;/q-1;. The van der Waals surface area contributed by atoms with Gasteiger partial charge in [0.25, 0.3) is 0 Å². The van der Waals surface area contributed by atoms with Crippen molar-refractivity contribution in [3.05, 3.63) is 48.2 Å². The van der Waals surface area contributed by atoms with Crippen LogP contribution in [0.2, 0.25) is 17.3 Å². The Kier molecular flexibility index (Phi) is 5.33. The second kappa shape index (κ2) is 6.14. The Labute approximate surface area is 126 Å². The van der Waals surface area contributed by atoms with E-state index in [9.17, 15) is 0 Å². The average molecular weight is 477 g/mol. The molecule has 0 aliphatic carbocycles. The van der Waals surface area contributed by atoms with E-state index in [1.807, 2.05) is 18.2 Å². The number of aryl methyl sites for hydroxylation is 1. The van der Waals surface area contributed by atoms with E-state index in [1.54, 1.807) is 0 Å². The third-order valence-electron chi connectivity index (χ3n) is 2.90. The maximum absolute atomic E-state index is 4.59. The van der Waals surface area contributed by atoms with Gasteiger partial charge in [0.2, 0.25) is 0 Å². The van der Waals surface area contributed by atoms with Crippen molar-refractivity contribution < 1.29 is 20.1 Å². The molecular formula is C15H18GeIrN-. The second-order valence-corrected chi connectivity index (χ2v) is 16.0. The van der Waals surface area contributed by atoms with Crippen molar-refractivity contribution in [2.24, 2.45) is 0 Å². The van der Waals surface area contributed by atoms with Crippen LogP contribution in [-0.4, -0.2) is 18.3 Å². The zero-order chi connectivity index (χ0) is 12.5. The molecule has 18 heavy (non-hydrogen) atoms. The van der Waals surface area contributed by atoms with Gasteiger partial charge in [0, 0.05) is 20.1 Å². The first kappa shape index (κ1) is 15.6. The summed E-state index contributed by atoms with van der Waals surface area (Å²) in [5.74, 6) is 7.20. The minimum atomic E-state index is -1.77. The second-order valence-electron chi connectivity index (χ2n) is 5.41. The molecule has 0 saturated heterocycles. The number of benzene rings is 1. The van der Waals surface area contributed by atoms with Gasteiger partial charge in [0.05, 0.1) is 0 Å². The molecule has 2 aromatic rings. The van der Waals surface area contributed by atoms with Gasteiger partial charge in [-0.1, -0.05) is 0 Å². The van der Waals surface area contributed by atoms with E-state index in [2.05, 4.69) is 53.6 Å². The minimum Gasteiger partial charge on any atom is 0 e. The summed E-state index contributed by atoms with van der Waals surface area (Å²) in [5, 5.41) is 0. The van der Waals surface area contributed by atoms with E-state index in [1.165, 1.54) is 9.96 Å². The molecule has 0 unspecified atom stereocenters. The topological polar surface area (TPSA) is 12.9 Å². The SMILES string of the molecule is Cc1cc(-c2[c-]cccc2)nc[c]1[Ge]([CH3])([CH3])[CH3].[Ir]. The first-order chi connectivity index (χ1) is 7.98. The number of hydrogen-bond acceptors (Lipinski definition) is 1. The van der Waals surface area contributed by atoms with Gasteiger partial charge >= 0.3 is 106 Å². The molecule has 0 aliphatic heterocycles. The molecule has 0 saturated carbocycles. The third kappa shape index (κ3) is 3.53. The molecule has 0 amide bonds. The fraction of sp³-hybridized carbons (Fsp3) is 0.267. The number of rotatable bonds is 2. The van der Waals surface area contributed by atoms with Gasteiger partial charge in [-0.05, 0) is 0 Å². The van der Waals surface area contributed by atoms with Crippen LogP contribution in [0.15, 0.2) is 36.5 Å². The van der Waals surface area contributed by atoms with Crippen LogP contribution < -0.4 is 4.40 Å². The Morgan fingerprint density at radius 2 is 1.89 bits per heavy atom. The van der Waals surface area contributed by atoms with E-state index in [4.69, 9.17) is 0 Å². The van der Waals surface area contributed by atoms with E-state index in [-0.39, 0.29) is 20.1 Å². The molecule has 1 aromatic heterocycles. The molecule has 0 bridgehead atoms. The molecule has 97 valence electrons.